The van der Waals surface area contributed by atoms with Crippen LogP contribution in [0.4, 0.5) is 13.2 Å². The first kappa shape index (κ1) is 30.5. The molecule has 0 spiro atoms. The summed E-state index contributed by atoms with van der Waals surface area (Å²) in [6.45, 7) is 4.64. The normalized spacial score (nSPS) is 15.3. The molecule has 9 nitrogen and oxygen atoms in total. The molecule has 4 rings (SSSR count). The van der Waals surface area contributed by atoms with Gasteiger partial charge in [-0.05, 0) is 25.0 Å². The van der Waals surface area contributed by atoms with E-state index in [2.05, 4.69) is 0 Å². The number of carbonyl (C=O) groups excluding carboxylic acids is 2. The molecule has 41 heavy (non-hydrogen) atoms. The van der Waals surface area contributed by atoms with Crippen molar-refractivity contribution in [1.82, 2.24) is 14.0 Å². The molecule has 0 aliphatic carbocycles. The third kappa shape index (κ3) is 6.89. The summed E-state index contributed by atoms with van der Waals surface area (Å²) < 4.78 is 52.7. The molecule has 1 saturated heterocycles. The number of halogens is 3. The van der Waals surface area contributed by atoms with Crippen molar-refractivity contribution in [2.45, 2.75) is 71.5 Å². The van der Waals surface area contributed by atoms with Gasteiger partial charge in [0.05, 0.1) is 23.2 Å². The molecule has 1 amide bonds. The topological polar surface area (TPSA) is 99.8 Å². The molecule has 3 aromatic rings. The fourth-order valence-electron chi connectivity index (χ4n) is 5.04. The Bertz CT molecular complexity index is 1520. The van der Waals surface area contributed by atoms with Crippen molar-refractivity contribution in [2.75, 3.05) is 19.7 Å². The van der Waals surface area contributed by atoms with Crippen molar-refractivity contribution in [2.24, 2.45) is 0 Å². The predicted octanol–water partition coefficient (Wildman–Crippen LogP) is 4.43. The van der Waals surface area contributed by atoms with Crippen LogP contribution in [0.3, 0.4) is 0 Å². The largest absolute Gasteiger partial charge is 0.462 e. The van der Waals surface area contributed by atoms with Crippen molar-refractivity contribution in [3.8, 4) is 0 Å². The summed E-state index contributed by atoms with van der Waals surface area (Å²) in [4.78, 5) is 53.9. The molecule has 1 aromatic carbocycles. The maximum atomic E-state index is 13.8. The number of piperidine rings is 1. The van der Waals surface area contributed by atoms with Crippen molar-refractivity contribution < 1.29 is 32.2 Å². The number of aryl methyl sites for hydroxylation is 2. The number of ether oxygens (including phenoxy) is 2. The molecule has 0 N–H and O–H groups in total. The minimum Gasteiger partial charge on any atom is -0.462 e. The first-order chi connectivity index (χ1) is 19.4. The van der Waals surface area contributed by atoms with Crippen molar-refractivity contribution >= 4 is 33.4 Å². The molecule has 1 atom stereocenters. The summed E-state index contributed by atoms with van der Waals surface area (Å²) >= 11 is 0.851. The van der Waals surface area contributed by atoms with Crippen LogP contribution >= 0.6 is 11.3 Å². The van der Waals surface area contributed by atoms with Crippen molar-refractivity contribution in [3.05, 3.63) is 67.2 Å². The molecule has 1 aliphatic heterocycles. The molecule has 3 heterocycles. The van der Waals surface area contributed by atoms with Crippen molar-refractivity contribution in [3.63, 3.8) is 0 Å². The van der Waals surface area contributed by atoms with E-state index in [1.54, 1.807) is 49.1 Å². The molecule has 222 valence electrons. The lowest BCUT2D eigenvalue weighted by molar-refractivity contribution is -0.148. The number of carbonyl (C=O) groups is 2. The van der Waals surface area contributed by atoms with Gasteiger partial charge in [0.15, 0.2) is 0 Å². The number of fused-ring (bicyclic) bond motifs is 1. The standard InChI is InChI=1S/C28H32F3N3O6S/c1-4-39-21(19-8-6-5-7-9-19)16-34-24(36)22-17(2)23(25(37)32-13-10-20(11-14-32)40-18(3)35)41-26(22)33(27(34)38)15-12-28(29,30)31/h5-9,20-21H,4,10-16H2,1-3H3. The Kier molecular flexibility index (Phi) is 9.37. The first-order valence-corrected chi connectivity index (χ1v) is 14.2. The number of esters is 1. The maximum absolute atomic E-state index is 13.8. The Morgan fingerprint density at radius 2 is 1.76 bits per heavy atom. The van der Waals surface area contributed by atoms with E-state index in [-0.39, 0.29) is 40.3 Å². The maximum Gasteiger partial charge on any atom is 0.390 e. The summed E-state index contributed by atoms with van der Waals surface area (Å²) in [6, 6.07) is 8.93. The second kappa shape index (κ2) is 12.6. The van der Waals surface area contributed by atoms with E-state index in [0.717, 1.165) is 20.5 Å². The van der Waals surface area contributed by atoms with Gasteiger partial charge < -0.3 is 14.4 Å². The lowest BCUT2D eigenvalue weighted by Crippen LogP contribution is -2.42. The number of nitrogens with zero attached hydrogens (tertiary/aromatic N) is 3. The lowest BCUT2D eigenvalue weighted by atomic mass is 10.1. The van der Waals surface area contributed by atoms with E-state index in [4.69, 9.17) is 9.47 Å². The fourth-order valence-corrected chi connectivity index (χ4v) is 6.33. The molecular weight excluding hydrogens is 563 g/mol. The van der Waals surface area contributed by atoms with E-state index in [0.29, 0.717) is 37.1 Å². The Labute approximate surface area is 238 Å². The van der Waals surface area contributed by atoms with Crippen molar-refractivity contribution in [1.29, 1.82) is 0 Å². The monoisotopic (exact) mass is 595 g/mol. The van der Waals surface area contributed by atoms with Crippen LogP contribution in [0.5, 0.6) is 0 Å². The highest BCUT2D eigenvalue weighted by Crippen LogP contribution is 2.31. The number of rotatable bonds is 9. The number of hydrogen-bond acceptors (Lipinski definition) is 7. The highest BCUT2D eigenvalue weighted by molar-refractivity contribution is 7.20. The molecule has 2 aromatic heterocycles. The van der Waals surface area contributed by atoms with Gasteiger partial charge in [-0.25, -0.2) is 4.79 Å². The molecule has 0 bridgehead atoms. The van der Waals surface area contributed by atoms with E-state index in [1.165, 1.54) is 6.92 Å². The predicted molar refractivity (Wildman–Crippen MR) is 147 cm³/mol. The molecule has 0 saturated carbocycles. The number of aromatic nitrogens is 2. The summed E-state index contributed by atoms with van der Waals surface area (Å²) in [5, 5.41) is 0.0400. The van der Waals surface area contributed by atoms with Gasteiger partial charge in [0.1, 0.15) is 17.0 Å². The van der Waals surface area contributed by atoms with Crippen LogP contribution in [0.1, 0.15) is 60.0 Å². The second-order valence-electron chi connectivity index (χ2n) is 9.91. The minimum atomic E-state index is -4.54. The average Bonchev–Trinajstić information content (AvgIpc) is 3.26. The summed E-state index contributed by atoms with van der Waals surface area (Å²) in [5.74, 6) is -0.788. The SMILES string of the molecule is CCOC(Cn1c(=O)c2c(C)c(C(=O)N3CCC(OC(C)=O)CC3)sc2n(CCC(F)(F)F)c1=O)c1ccccc1. The average molecular weight is 596 g/mol. The van der Waals surface area contributed by atoms with E-state index in [1.807, 2.05) is 0 Å². The molecule has 1 unspecified atom stereocenters. The molecule has 1 aliphatic rings. The number of alkyl halides is 3. The van der Waals surface area contributed by atoms with Gasteiger partial charge in [-0.1, -0.05) is 30.3 Å². The van der Waals surface area contributed by atoms with Gasteiger partial charge in [0.25, 0.3) is 11.5 Å². The van der Waals surface area contributed by atoms with Gasteiger partial charge in [0, 0.05) is 46.0 Å². The third-order valence-corrected chi connectivity index (χ3v) is 8.36. The Balaban J connectivity index is 1.78. The van der Waals surface area contributed by atoms with Crippen LogP contribution in [-0.2, 0) is 27.4 Å². The van der Waals surface area contributed by atoms with Gasteiger partial charge >= 0.3 is 17.8 Å². The quantitative estimate of drug-likeness (QED) is 0.340. The lowest BCUT2D eigenvalue weighted by Gasteiger charge is -2.31. The van der Waals surface area contributed by atoms with Crippen LogP contribution in [0.2, 0.25) is 0 Å². The molecule has 1 fully saturated rings. The third-order valence-electron chi connectivity index (χ3n) is 7.06. The van der Waals surface area contributed by atoms with Crippen LogP contribution in [0.15, 0.2) is 39.9 Å². The first-order valence-electron chi connectivity index (χ1n) is 13.4. The van der Waals surface area contributed by atoms with Gasteiger partial charge in [-0.3, -0.25) is 23.5 Å². The van der Waals surface area contributed by atoms with Crippen LogP contribution in [0.25, 0.3) is 10.2 Å². The zero-order chi connectivity index (χ0) is 29.9. The Morgan fingerprint density at radius 3 is 2.34 bits per heavy atom. The summed E-state index contributed by atoms with van der Waals surface area (Å²) in [6.07, 6.45) is -5.94. The molecule has 13 heteroatoms. The number of benzene rings is 1. The van der Waals surface area contributed by atoms with Gasteiger partial charge in [-0.15, -0.1) is 11.3 Å². The van der Waals surface area contributed by atoms with Crippen LogP contribution < -0.4 is 11.2 Å². The highest BCUT2D eigenvalue weighted by Gasteiger charge is 2.32. The number of amides is 1. The second-order valence-corrected chi connectivity index (χ2v) is 10.9. The fraction of sp³-hybridized carbons (Fsp3) is 0.500. The number of thiophene rings is 1. The van der Waals surface area contributed by atoms with Crippen LogP contribution in [-0.4, -0.2) is 57.9 Å². The molecular formula is C28H32F3N3O6S. The van der Waals surface area contributed by atoms with Gasteiger partial charge in [0.2, 0.25) is 0 Å². The van der Waals surface area contributed by atoms with E-state index in [9.17, 15) is 32.3 Å². The van der Waals surface area contributed by atoms with Gasteiger partial charge in [-0.2, -0.15) is 13.2 Å². The number of hydrogen-bond donors (Lipinski definition) is 0. The van der Waals surface area contributed by atoms with E-state index >= 15 is 0 Å². The highest BCUT2D eigenvalue weighted by atomic mass is 32.1. The van der Waals surface area contributed by atoms with E-state index < -0.39 is 42.5 Å². The van der Waals surface area contributed by atoms with Crippen LogP contribution in [0, 0.1) is 6.92 Å². The zero-order valence-corrected chi connectivity index (χ0v) is 23.8. The summed E-state index contributed by atoms with van der Waals surface area (Å²) in [5.41, 5.74) is -0.563. The number of likely N-dealkylation sites (tertiary alicyclic amines) is 1. The minimum absolute atomic E-state index is 0.0313. The Hall–Kier alpha value is -3.45. The smallest absolute Gasteiger partial charge is 0.390 e. The Morgan fingerprint density at radius 1 is 1.10 bits per heavy atom. The zero-order valence-electron chi connectivity index (χ0n) is 23.0. The summed E-state index contributed by atoms with van der Waals surface area (Å²) in [7, 11) is 0. The molecule has 0 radical (unpaired) electrons.